The van der Waals surface area contributed by atoms with Gasteiger partial charge in [-0.05, 0) is 80.9 Å². The van der Waals surface area contributed by atoms with Crippen LogP contribution >= 0.6 is 0 Å². The molecule has 0 unspecified atom stereocenters. The van der Waals surface area contributed by atoms with Gasteiger partial charge >= 0.3 is 0 Å². The molecule has 6 heteroatoms. The zero-order valence-electron chi connectivity index (χ0n) is 18.9. The highest BCUT2D eigenvalue weighted by Gasteiger charge is 2.51. The predicted octanol–water partition coefficient (Wildman–Crippen LogP) is 3.43. The van der Waals surface area contributed by atoms with Gasteiger partial charge in [-0.1, -0.05) is 6.07 Å². The fourth-order valence-electron chi connectivity index (χ4n) is 7.17. The lowest BCUT2D eigenvalue weighted by Crippen LogP contribution is -2.63. The molecule has 1 N–H and O–H groups in total. The van der Waals surface area contributed by atoms with Gasteiger partial charge < -0.3 is 10.1 Å². The number of halogens is 1. The summed E-state index contributed by atoms with van der Waals surface area (Å²) in [6, 6.07) is 5.09. The van der Waals surface area contributed by atoms with Gasteiger partial charge in [-0.2, -0.15) is 0 Å². The van der Waals surface area contributed by atoms with Gasteiger partial charge in [0, 0.05) is 38.3 Å². The number of nitrogens with zero attached hydrogens (tertiary/aromatic N) is 2. The summed E-state index contributed by atoms with van der Waals surface area (Å²) < 4.78 is 19.0. The molecule has 4 aliphatic carbocycles. The Hall–Kier alpha value is -1.66. The van der Waals surface area contributed by atoms with Crippen LogP contribution in [-0.2, 0) is 11.3 Å². The molecule has 1 aromatic rings. The van der Waals surface area contributed by atoms with Crippen LogP contribution < -0.4 is 10.1 Å². The molecule has 4 saturated carbocycles. The summed E-state index contributed by atoms with van der Waals surface area (Å²) in [7, 11) is 1.48. The molecule has 1 saturated heterocycles. The first-order chi connectivity index (χ1) is 14.9. The average Bonchev–Trinajstić information content (AvgIpc) is 2.72. The Morgan fingerprint density at radius 1 is 1.13 bits per heavy atom. The molecule has 4 bridgehead atoms. The first-order valence-electron chi connectivity index (χ1n) is 12.0. The third-order valence-electron chi connectivity index (χ3n) is 8.38. The van der Waals surface area contributed by atoms with Crippen molar-refractivity contribution in [2.24, 2.45) is 17.8 Å². The molecule has 1 heterocycles. The van der Waals surface area contributed by atoms with Gasteiger partial charge in [0.1, 0.15) is 0 Å². The summed E-state index contributed by atoms with van der Waals surface area (Å²) in [4.78, 5) is 17.8. The molecule has 5 nitrogen and oxygen atoms in total. The maximum Gasteiger partial charge on any atom is 0.237 e. The second kappa shape index (κ2) is 8.36. The SMILES string of the molecule is COc1ccc(CN2CCN([C@@H](C)C(=O)NC34CC5CC(CC(C5)C3)C4)CC2)cc1F. The standard InChI is InChI=1S/C25H36FN3O2/c1-17(24(30)27-25-13-19-9-20(14-25)11-21(10-19)15-25)29-7-5-28(6-8-29)16-18-3-4-23(31-2)22(26)12-18/h3-4,12,17,19-21H,5-11,13-16H2,1-2H3,(H,27,30)/t17-,19?,20?,21?,25?/m0/s1. The van der Waals surface area contributed by atoms with Crippen LogP contribution in [0.2, 0.25) is 0 Å². The van der Waals surface area contributed by atoms with E-state index in [1.807, 2.05) is 6.07 Å². The predicted molar refractivity (Wildman–Crippen MR) is 118 cm³/mol. The maximum atomic E-state index is 14.0. The van der Waals surface area contributed by atoms with E-state index in [1.54, 1.807) is 12.1 Å². The van der Waals surface area contributed by atoms with Crippen LogP contribution in [-0.4, -0.2) is 60.6 Å². The molecule has 31 heavy (non-hydrogen) atoms. The number of piperazine rings is 1. The number of rotatable bonds is 6. The molecule has 0 radical (unpaired) electrons. The van der Waals surface area contributed by atoms with Crippen molar-refractivity contribution in [1.82, 2.24) is 15.1 Å². The number of ether oxygens (including phenoxy) is 1. The summed E-state index contributed by atoms with van der Waals surface area (Å²) in [6.07, 6.45) is 7.77. The summed E-state index contributed by atoms with van der Waals surface area (Å²) >= 11 is 0. The van der Waals surface area contributed by atoms with Crippen molar-refractivity contribution < 1.29 is 13.9 Å². The summed E-state index contributed by atoms with van der Waals surface area (Å²) in [5.41, 5.74) is 1.04. The molecule has 170 valence electrons. The van der Waals surface area contributed by atoms with Gasteiger partial charge in [0.2, 0.25) is 5.91 Å². The molecule has 0 spiro atoms. The van der Waals surface area contributed by atoms with Crippen molar-refractivity contribution in [2.75, 3.05) is 33.3 Å². The zero-order valence-corrected chi connectivity index (χ0v) is 18.9. The molecule has 5 fully saturated rings. The van der Waals surface area contributed by atoms with Crippen molar-refractivity contribution in [1.29, 1.82) is 0 Å². The Kier molecular flexibility index (Phi) is 5.72. The molecule has 1 aliphatic heterocycles. The van der Waals surface area contributed by atoms with Crippen LogP contribution in [0.3, 0.4) is 0 Å². The minimum Gasteiger partial charge on any atom is -0.494 e. The molecular formula is C25H36FN3O2. The first kappa shape index (κ1) is 21.2. The number of nitrogens with one attached hydrogen (secondary N) is 1. The Bertz CT molecular complexity index is 786. The van der Waals surface area contributed by atoms with E-state index in [0.29, 0.717) is 0 Å². The third kappa shape index (κ3) is 4.34. The first-order valence-corrected chi connectivity index (χ1v) is 12.0. The van der Waals surface area contributed by atoms with Gasteiger partial charge in [0.15, 0.2) is 11.6 Å². The van der Waals surface area contributed by atoms with E-state index in [1.165, 1.54) is 45.6 Å². The number of carbonyl (C=O) groups excluding carboxylic acids is 1. The lowest BCUT2D eigenvalue weighted by Gasteiger charge is -2.57. The second-order valence-electron chi connectivity index (χ2n) is 10.6. The Labute approximate surface area is 185 Å². The van der Waals surface area contributed by atoms with Crippen LogP contribution in [0, 0.1) is 23.6 Å². The third-order valence-corrected chi connectivity index (χ3v) is 8.38. The summed E-state index contributed by atoms with van der Waals surface area (Å²) in [6.45, 7) is 6.31. The number of methoxy groups -OCH3 is 1. The highest BCUT2D eigenvalue weighted by molar-refractivity contribution is 5.82. The van der Waals surface area contributed by atoms with Gasteiger partial charge in [-0.15, -0.1) is 0 Å². The largest absolute Gasteiger partial charge is 0.494 e. The van der Waals surface area contributed by atoms with Crippen LogP contribution in [0.25, 0.3) is 0 Å². The number of hydrogen-bond acceptors (Lipinski definition) is 4. The van der Waals surface area contributed by atoms with E-state index in [0.717, 1.165) is 56.0 Å². The van der Waals surface area contributed by atoms with Gasteiger partial charge in [0.25, 0.3) is 0 Å². The zero-order chi connectivity index (χ0) is 21.6. The van der Waals surface area contributed by atoms with E-state index in [9.17, 15) is 9.18 Å². The molecule has 5 aliphatic rings. The van der Waals surface area contributed by atoms with E-state index >= 15 is 0 Å². The van der Waals surface area contributed by atoms with E-state index < -0.39 is 0 Å². The quantitative estimate of drug-likeness (QED) is 0.753. The molecule has 1 atom stereocenters. The van der Waals surface area contributed by atoms with Crippen LogP contribution in [0.1, 0.15) is 51.0 Å². The lowest BCUT2D eigenvalue weighted by atomic mass is 9.53. The Morgan fingerprint density at radius 3 is 2.29 bits per heavy atom. The highest BCUT2D eigenvalue weighted by atomic mass is 19.1. The number of amides is 1. The van der Waals surface area contributed by atoms with Crippen LogP contribution in [0.5, 0.6) is 5.75 Å². The Balaban J connectivity index is 1.13. The van der Waals surface area contributed by atoms with E-state index in [4.69, 9.17) is 4.74 Å². The maximum absolute atomic E-state index is 14.0. The minimum atomic E-state index is -0.311. The monoisotopic (exact) mass is 429 g/mol. The molecule has 0 aromatic heterocycles. The van der Waals surface area contributed by atoms with Gasteiger partial charge in [-0.25, -0.2) is 4.39 Å². The summed E-state index contributed by atoms with van der Waals surface area (Å²) in [5.74, 6) is 2.71. The Morgan fingerprint density at radius 2 is 1.74 bits per heavy atom. The molecular weight excluding hydrogens is 393 g/mol. The fraction of sp³-hybridized carbons (Fsp3) is 0.720. The average molecular weight is 430 g/mol. The van der Waals surface area contributed by atoms with Crippen molar-refractivity contribution in [2.45, 2.75) is 63.6 Å². The molecule has 6 rings (SSSR count). The van der Waals surface area contributed by atoms with E-state index in [-0.39, 0.29) is 29.1 Å². The highest BCUT2D eigenvalue weighted by Crippen LogP contribution is 2.55. The minimum absolute atomic E-state index is 0.0837. The number of hydrogen-bond donors (Lipinski definition) is 1. The fourth-order valence-corrected chi connectivity index (χ4v) is 7.17. The molecule has 1 amide bonds. The summed E-state index contributed by atoms with van der Waals surface area (Å²) in [5, 5.41) is 3.54. The van der Waals surface area contributed by atoms with Crippen molar-refractivity contribution in [3.05, 3.63) is 29.6 Å². The van der Waals surface area contributed by atoms with Crippen LogP contribution in [0.15, 0.2) is 18.2 Å². The van der Waals surface area contributed by atoms with E-state index in [2.05, 4.69) is 22.0 Å². The topological polar surface area (TPSA) is 44.8 Å². The van der Waals surface area contributed by atoms with Gasteiger partial charge in [-0.3, -0.25) is 14.6 Å². The van der Waals surface area contributed by atoms with Crippen molar-refractivity contribution in [3.8, 4) is 5.75 Å². The van der Waals surface area contributed by atoms with Gasteiger partial charge in [0.05, 0.1) is 13.2 Å². The number of carbonyl (C=O) groups is 1. The van der Waals surface area contributed by atoms with Crippen molar-refractivity contribution >= 4 is 5.91 Å². The lowest BCUT2D eigenvalue weighted by molar-refractivity contribution is -0.132. The second-order valence-corrected chi connectivity index (χ2v) is 10.6. The van der Waals surface area contributed by atoms with Crippen molar-refractivity contribution in [3.63, 3.8) is 0 Å². The smallest absolute Gasteiger partial charge is 0.237 e. The normalized spacial score (nSPS) is 34.0. The number of benzene rings is 1. The molecule has 1 aromatic carbocycles. The van der Waals surface area contributed by atoms with Crippen LogP contribution in [0.4, 0.5) is 4.39 Å².